The number of likely N-dealkylation sites (N-methyl/N-ethyl adjacent to an activating group) is 1. The van der Waals surface area contributed by atoms with Gasteiger partial charge >= 0.3 is 0 Å². The van der Waals surface area contributed by atoms with E-state index in [2.05, 4.69) is 28.3 Å². The molecule has 6 nitrogen and oxygen atoms in total. The first-order chi connectivity index (χ1) is 11.1. The zero-order valence-corrected chi connectivity index (χ0v) is 14.4. The third-order valence-corrected chi connectivity index (χ3v) is 5.20. The fourth-order valence-electron chi connectivity index (χ4n) is 3.73. The highest BCUT2D eigenvalue weighted by atomic mass is 16.5. The van der Waals surface area contributed by atoms with E-state index in [-0.39, 0.29) is 24.2 Å². The molecule has 128 valence electrons. The van der Waals surface area contributed by atoms with Crippen LogP contribution >= 0.6 is 0 Å². The first-order valence-corrected chi connectivity index (χ1v) is 8.79. The van der Waals surface area contributed by atoms with Crippen molar-refractivity contribution in [2.45, 2.75) is 51.4 Å². The summed E-state index contributed by atoms with van der Waals surface area (Å²) in [6.07, 6.45) is 6.67. The lowest BCUT2D eigenvalue weighted by atomic mass is 10.1. The molecule has 2 aliphatic rings. The molecule has 23 heavy (non-hydrogen) atoms. The van der Waals surface area contributed by atoms with Gasteiger partial charge in [-0.2, -0.15) is 0 Å². The molecule has 0 N–H and O–H groups in total. The van der Waals surface area contributed by atoms with E-state index in [0.717, 1.165) is 44.7 Å². The van der Waals surface area contributed by atoms with Crippen LogP contribution in [0.1, 0.15) is 45.0 Å². The van der Waals surface area contributed by atoms with E-state index in [9.17, 15) is 4.79 Å². The maximum absolute atomic E-state index is 12.8. The highest BCUT2D eigenvalue weighted by Crippen LogP contribution is 2.27. The van der Waals surface area contributed by atoms with Gasteiger partial charge in [0.1, 0.15) is 11.9 Å². The molecule has 2 aliphatic heterocycles. The van der Waals surface area contributed by atoms with Crippen LogP contribution in [-0.4, -0.2) is 63.6 Å². The molecule has 0 saturated carbocycles. The third kappa shape index (κ3) is 3.28. The van der Waals surface area contributed by atoms with E-state index in [1.807, 2.05) is 24.3 Å². The summed E-state index contributed by atoms with van der Waals surface area (Å²) in [5.74, 6) is 1.19. The van der Waals surface area contributed by atoms with Gasteiger partial charge in [0.05, 0.1) is 12.1 Å². The Balaban J connectivity index is 1.70. The van der Waals surface area contributed by atoms with E-state index in [1.54, 1.807) is 0 Å². The molecule has 1 aromatic heterocycles. The molecule has 0 aromatic carbocycles. The fraction of sp³-hybridized carbons (Fsp3) is 0.765. The van der Waals surface area contributed by atoms with Crippen LogP contribution < -0.4 is 0 Å². The Morgan fingerprint density at radius 3 is 2.78 bits per heavy atom. The Hall–Kier alpha value is -1.40. The lowest BCUT2D eigenvalue weighted by Crippen LogP contribution is -2.53. The zero-order chi connectivity index (χ0) is 16.4. The number of aryl methyl sites for hydroxylation is 1. The van der Waals surface area contributed by atoms with Gasteiger partial charge in [-0.1, -0.05) is 13.8 Å². The van der Waals surface area contributed by atoms with Crippen molar-refractivity contribution in [3.8, 4) is 0 Å². The Morgan fingerprint density at radius 1 is 1.35 bits per heavy atom. The molecular weight excluding hydrogens is 292 g/mol. The van der Waals surface area contributed by atoms with E-state index < -0.39 is 0 Å². The molecule has 0 bridgehead atoms. The molecule has 2 saturated heterocycles. The van der Waals surface area contributed by atoms with Gasteiger partial charge in [-0.25, -0.2) is 4.98 Å². The van der Waals surface area contributed by atoms with E-state index in [0.29, 0.717) is 6.54 Å². The van der Waals surface area contributed by atoms with Crippen LogP contribution in [-0.2, 0) is 16.6 Å². The number of piperazine rings is 1. The second-order valence-electron chi connectivity index (χ2n) is 6.56. The molecular formula is C17H28N4O2. The minimum atomic E-state index is -0.241. The van der Waals surface area contributed by atoms with Gasteiger partial charge in [0, 0.05) is 39.1 Å². The van der Waals surface area contributed by atoms with Crippen LogP contribution in [0.3, 0.4) is 0 Å². The lowest BCUT2D eigenvalue weighted by Gasteiger charge is -2.41. The van der Waals surface area contributed by atoms with Gasteiger partial charge in [0.15, 0.2) is 0 Å². The van der Waals surface area contributed by atoms with Crippen LogP contribution in [0.4, 0.5) is 0 Å². The Morgan fingerprint density at radius 2 is 2.17 bits per heavy atom. The van der Waals surface area contributed by atoms with Gasteiger partial charge < -0.3 is 14.2 Å². The minimum Gasteiger partial charge on any atom is -0.365 e. The van der Waals surface area contributed by atoms with Crippen LogP contribution in [0.15, 0.2) is 12.4 Å². The fourth-order valence-corrected chi connectivity index (χ4v) is 3.73. The molecule has 1 aromatic rings. The number of amides is 1. The Labute approximate surface area is 138 Å². The minimum absolute atomic E-state index is 0.163. The number of carbonyl (C=O) groups excluding carboxylic acids is 1. The summed E-state index contributed by atoms with van der Waals surface area (Å²) in [6.45, 7) is 7.63. The number of rotatable bonds is 4. The quantitative estimate of drug-likeness (QED) is 0.845. The van der Waals surface area contributed by atoms with Crippen LogP contribution in [0, 0.1) is 0 Å². The van der Waals surface area contributed by atoms with Crippen molar-refractivity contribution in [3.63, 3.8) is 0 Å². The number of aromatic nitrogens is 2. The summed E-state index contributed by atoms with van der Waals surface area (Å²) < 4.78 is 7.96. The van der Waals surface area contributed by atoms with Gasteiger partial charge in [0.2, 0.25) is 0 Å². The average molecular weight is 320 g/mol. The second kappa shape index (κ2) is 7.01. The molecule has 3 atom stereocenters. The van der Waals surface area contributed by atoms with Crippen molar-refractivity contribution in [1.82, 2.24) is 19.4 Å². The summed E-state index contributed by atoms with van der Waals surface area (Å²) >= 11 is 0. The molecule has 0 spiro atoms. The maximum atomic E-state index is 12.8. The smallest absolute Gasteiger partial charge is 0.251 e. The van der Waals surface area contributed by atoms with Crippen molar-refractivity contribution >= 4 is 5.91 Å². The molecule has 0 aliphatic carbocycles. The molecule has 3 rings (SSSR count). The molecule has 6 heteroatoms. The van der Waals surface area contributed by atoms with E-state index >= 15 is 0 Å². The monoisotopic (exact) mass is 320 g/mol. The Bertz CT molecular complexity index is 544. The van der Waals surface area contributed by atoms with Crippen molar-refractivity contribution in [2.75, 3.05) is 26.2 Å². The topological polar surface area (TPSA) is 50.6 Å². The summed E-state index contributed by atoms with van der Waals surface area (Å²) in [4.78, 5) is 21.7. The highest BCUT2D eigenvalue weighted by Gasteiger charge is 2.37. The lowest BCUT2D eigenvalue weighted by molar-refractivity contribution is -0.146. The predicted molar refractivity (Wildman–Crippen MR) is 88.0 cm³/mol. The van der Waals surface area contributed by atoms with Crippen molar-refractivity contribution < 1.29 is 9.53 Å². The first kappa shape index (κ1) is 16.5. The normalized spacial score (nSPS) is 29.2. The third-order valence-electron chi connectivity index (χ3n) is 5.20. The summed E-state index contributed by atoms with van der Waals surface area (Å²) in [7, 11) is 2.02. The molecule has 0 radical (unpaired) electrons. The van der Waals surface area contributed by atoms with Gasteiger partial charge in [-0.15, -0.1) is 0 Å². The van der Waals surface area contributed by atoms with Gasteiger partial charge in [-0.3, -0.25) is 9.69 Å². The SMILES string of the molecule is CCC1CCC(C(=O)N2CCN(CC)C(c3nccn3C)C2)O1. The van der Waals surface area contributed by atoms with Crippen LogP contribution in [0.2, 0.25) is 0 Å². The number of hydrogen-bond acceptors (Lipinski definition) is 4. The first-order valence-electron chi connectivity index (χ1n) is 8.79. The van der Waals surface area contributed by atoms with Crippen LogP contribution in [0.5, 0.6) is 0 Å². The maximum Gasteiger partial charge on any atom is 0.251 e. The zero-order valence-electron chi connectivity index (χ0n) is 14.4. The van der Waals surface area contributed by atoms with E-state index in [1.165, 1.54) is 0 Å². The molecule has 3 unspecified atom stereocenters. The van der Waals surface area contributed by atoms with Gasteiger partial charge in [-0.05, 0) is 25.8 Å². The summed E-state index contributed by atoms with van der Waals surface area (Å²) in [6, 6.07) is 0.168. The summed E-state index contributed by atoms with van der Waals surface area (Å²) in [5, 5.41) is 0. The van der Waals surface area contributed by atoms with Crippen molar-refractivity contribution in [3.05, 3.63) is 18.2 Å². The van der Waals surface area contributed by atoms with Gasteiger partial charge in [0.25, 0.3) is 5.91 Å². The second-order valence-corrected chi connectivity index (χ2v) is 6.56. The van der Waals surface area contributed by atoms with Crippen LogP contribution in [0.25, 0.3) is 0 Å². The number of imidazole rings is 1. The number of carbonyl (C=O) groups is 1. The van der Waals surface area contributed by atoms with E-state index in [4.69, 9.17) is 4.74 Å². The highest BCUT2D eigenvalue weighted by molar-refractivity contribution is 5.81. The number of nitrogens with zero attached hydrogens (tertiary/aromatic N) is 4. The predicted octanol–water partition coefficient (Wildman–Crippen LogP) is 1.58. The summed E-state index contributed by atoms with van der Waals surface area (Å²) in [5.41, 5.74) is 0. The standard InChI is InChI=1S/C17H28N4O2/c1-4-13-6-7-15(23-13)17(22)21-11-10-20(5-2)14(12-21)16-18-8-9-19(16)3/h8-9,13-15H,4-7,10-12H2,1-3H3. The number of hydrogen-bond donors (Lipinski definition) is 0. The average Bonchev–Trinajstić information content (AvgIpc) is 3.22. The molecule has 2 fully saturated rings. The largest absolute Gasteiger partial charge is 0.365 e. The van der Waals surface area contributed by atoms with Crippen molar-refractivity contribution in [1.29, 1.82) is 0 Å². The molecule has 1 amide bonds. The molecule has 3 heterocycles. The number of ether oxygens (including phenoxy) is 1. The van der Waals surface area contributed by atoms with Crippen molar-refractivity contribution in [2.24, 2.45) is 7.05 Å². The Kier molecular flexibility index (Phi) is 5.02.